The number of nitrogens with zero attached hydrogens (tertiary/aromatic N) is 2. The molecular weight excluding hydrogens is 350 g/mol. The average Bonchev–Trinajstić information content (AvgIpc) is 2.87. The number of H-pyrrole nitrogens is 1. The molecule has 0 amide bonds. The van der Waals surface area contributed by atoms with Crippen molar-refractivity contribution in [1.29, 1.82) is 0 Å². The van der Waals surface area contributed by atoms with Gasteiger partial charge in [0.25, 0.3) is 0 Å². The van der Waals surface area contributed by atoms with Crippen molar-refractivity contribution in [3.8, 4) is 5.75 Å². The average molecular weight is 370 g/mol. The molecule has 0 radical (unpaired) electrons. The predicted molar refractivity (Wildman–Crippen MR) is 91.9 cm³/mol. The van der Waals surface area contributed by atoms with E-state index >= 15 is 0 Å². The Labute approximate surface area is 146 Å². The zero-order valence-electron chi connectivity index (χ0n) is 13.6. The number of nitrogens with one attached hydrogen (secondary N) is 1. The first-order valence-electron chi connectivity index (χ1n) is 7.82. The Morgan fingerprint density at radius 3 is 2.58 bits per heavy atom. The largest absolute Gasteiger partial charge is 0.490 e. The Morgan fingerprint density at radius 1 is 1.29 bits per heavy atom. The fourth-order valence-electron chi connectivity index (χ4n) is 2.97. The number of aromatic nitrogens is 2. The second kappa shape index (κ2) is 6.74. The van der Waals surface area contributed by atoms with Crippen LogP contribution in [0.3, 0.4) is 0 Å². The molecule has 1 aliphatic heterocycles. The summed E-state index contributed by atoms with van der Waals surface area (Å²) >= 11 is 5.96. The molecule has 0 bridgehead atoms. The lowest BCUT2D eigenvalue weighted by Gasteiger charge is -2.31. The summed E-state index contributed by atoms with van der Waals surface area (Å²) in [6.07, 6.45) is 1.27. The topological polar surface area (TPSA) is 75.3 Å². The monoisotopic (exact) mass is 369 g/mol. The molecule has 2 heterocycles. The molecule has 6 nitrogen and oxygen atoms in total. The smallest absolute Gasteiger partial charge is 0.246 e. The minimum atomic E-state index is -3.52. The number of hydrogen-bond acceptors (Lipinski definition) is 4. The Kier molecular flexibility index (Phi) is 4.85. The Balaban J connectivity index is 1.67. The molecule has 130 valence electrons. The van der Waals surface area contributed by atoms with E-state index in [-0.39, 0.29) is 11.0 Å². The number of sulfonamides is 1. The van der Waals surface area contributed by atoms with Gasteiger partial charge < -0.3 is 4.74 Å². The number of hydrogen-bond donors (Lipinski definition) is 1. The number of rotatable bonds is 4. The summed E-state index contributed by atoms with van der Waals surface area (Å²) in [5.74, 6) is 0.713. The second-order valence-electron chi connectivity index (χ2n) is 5.94. The molecule has 1 saturated heterocycles. The summed E-state index contributed by atoms with van der Waals surface area (Å²) < 4.78 is 33.0. The van der Waals surface area contributed by atoms with Crippen molar-refractivity contribution in [3.63, 3.8) is 0 Å². The molecule has 8 heteroatoms. The van der Waals surface area contributed by atoms with Crippen LogP contribution in [0.5, 0.6) is 5.75 Å². The third kappa shape index (κ3) is 3.43. The van der Waals surface area contributed by atoms with Crippen molar-refractivity contribution in [1.82, 2.24) is 14.5 Å². The minimum absolute atomic E-state index is 0.0125. The van der Waals surface area contributed by atoms with E-state index in [2.05, 4.69) is 10.2 Å². The van der Waals surface area contributed by atoms with Gasteiger partial charge in [-0.1, -0.05) is 17.7 Å². The molecule has 1 aromatic carbocycles. The van der Waals surface area contributed by atoms with Gasteiger partial charge >= 0.3 is 0 Å². The van der Waals surface area contributed by atoms with Gasteiger partial charge in [0.05, 0.1) is 11.4 Å². The maximum atomic E-state index is 12.8. The Hall–Kier alpha value is -1.57. The highest BCUT2D eigenvalue weighted by atomic mass is 35.5. The van der Waals surface area contributed by atoms with Crippen molar-refractivity contribution in [2.75, 3.05) is 13.1 Å². The fourth-order valence-corrected chi connectivity index (χ4v) is 4.95. The first-order chi connectivity index (χ1) is 11.4. The highest BCUT2D eigenvalue weighted by molar-refractivity contribution is 7.89. The molecule has 0 aliphatic carbocycles. The van der Waals surface area contributed by atoms with Crippen LogP contribution in [-0.2, 0) is 10.0 Å². The van der Waals surface area contributed by atoms with Gasteiger partial charge in [-0.2, -0.15) is 9.40 Å². The van der Waals surface area contributed by atoms with Crippen LogP contribution in [0, 0.1) is 13.8 Å². The molecular formula is C16H20ClN3O3S. The number of benzene rings is 1. The van der Waals surface area contributed by atoms with Gasteiger partial charge in [0.1, 0.15) is 16.7 Å². The predicted octanol–water partition coefficient (Wildman–Crippen LogP) is 2.91. The molecule has 24 heavy (non-hydrogen) atoms. The molecule has 0 saturated carbocycles. The highest BCUT2D eigenvalue weighted by Gasteiger charge is 2.33. The normalized spacial score (nSPS) is 17.1. The number of aromatic amines is 1. The van der Waals surface area contributed by atoms with Crippen LogP contribution >= 0.6 is 11.6 Å². The molecule has 3 rings (SSSR count). The van der Waals surface area contributed by atoms with E-state index in [0.29, 0.717) is 48.1 Å². The molecule has 1 fully saturated rings. The first-order valence-corrected chi connectivity index (χ1v) is 9.63. The van der Waals surface area contributed by atoms with Crippen LogP contribution in [0.4, 0.5) is 0 Å². The zero-order chi connectivity index (χ0) is 17.3. The van der Waals surface area contributed by atoms with Gasteiger partial charge in [0, 0.05) is 18.1 Å². The number of halogens is 1. The Morgan fingerprint density at radius 2 is 2.00 bits per heavy atom. The molecule has 2 aromatic rings. The van der Waals surface area contributed by atoms with Crippen LogP contribution in [-0.4, -0.2) is 42.1 Å². The van der Waals surface area contributed by atoms with E-state index in [0.717, 1.165) is 0 Å². The summed E-state index contributed by atoms with van der Waals surface area (Å²) in [6.45, 7) is 4.28. The van der Waals surface area contributed by atoms with Crippen molar-refractivity contribution in [3.05, 3.63) is 40.7 Å². The Bertz CT molecular complexity index is 807. The highest BCUT2D eigenvalue weighted by Crippen LogP contribution is 2.27. The fraction of sp³-hybridized carbons (Fsp3) is 0.438. The van der Waals surface area contributed by atoms with Crippen LogP contribution in [0.1, 0.15) is 24.2 Å². The summed E-state index contributed by atoms with van der Waals surface area (Å²) in [5.41, 5.74) is 1.08. The maximum absolute atomic E-state index is 12.8. The van der Waals surface area contributed by atoms with Gasteiger partial charge in [-0.25, -0.2) is 8.42 Å². The van der Waals surface area contributed by atoms with Crippen molar-refractivity contribution >= 4 is 21.6 Å². The van der Waals surface area contributed by atoms with Crippen LogP contribution in [0.15, 0.2) is 29.2 Å². The third-order valence-electron chi connectivity index (χ3n) is 4.16. The molecule has 0 spiro atoms. The van der Waals surface area contributed by atoms with Crippen LogP contribution in [0.2, 0.25) is 5.02 Å². The summed E-state index contributed by atoms with van der Waals surface area (Å²) in [6, 6.07) is 7.25. The van der Waals surface area contributed by atoms with Gasteiger partial charge in [-0.3, -0.25) is 5.10 Å². The van der Waals surface area contributed by atoms with Gasteiger partial charge in [0.15, 0.2) is 0 Å². The van der Waals surface area contributed by atoms with E-state index < -0.39 is 10.0 Å². The molecule has 1 aliphatic rings. The van der Waals surface area contributed by atoms with Crippen LogP contribution < -0.4 is 4.74 Å². The van der Waals surface area contributed by atoms with Gasteiger partial charge in [-0.05, 0) is 44.9 Å². The first kappa shape index (κ1) is 17.3. The number of ether oxygens (including phenoxy) is 1. The van der Waals surface area contributed by atoms with Crippen LogP contribution in [0.25, 0.3) is 0 Å². The lowest BCUT2D eigenvalue weighted by Crippen LogP contribution is -2.42. The van der Waals surface area contributed by atoms with Crippen molar-refractivity contribution in [2.45, 2.75) is 37.7 Å². The molecule has 0 atom stereocenters. The van der Waals surface area contributed by atoms with E-state index in [9.17, 15) is 8.42 Å². The molecule has 0 unspecified atom stereocenters. The van der Waals surface area contributed by atoms with Crippen molar-refractivity contribution < 1.29 is 13.2 Å². The maximum Gasteiger partial charge on any atom is 0.246 e. The summed E-state index contributed by atoms with van der Waals surface area (Å²) in [7, 11) is -3.52. The second-order valence-corrected chi connectivity index (χ2v) is 8.25. The van der Waals surface area contributed by atoms with E-state index in [1.807, 2.05) is 12.1 Å². The van der Waals surface area contributed by atoms with E-state index in [1.165, 1.54) is 4.31 Å². The minimum Gasteiger partial charge on any atom is -0.490 e. The quantitative estimate of drug-likeness (QED) is 0.899. The number of piperidine rings is 1. The summed E-state index contributed by atoms with van der Waals surface area (Å²) in [4.78, 5) is 0.289. The third-order valence-corrected chi connectivity index (χ3v) is 6.56. The SMILES string of the molecule is Cc1n[nH]c(C)c1S(=O)(=O)N1CCC(Oc2cccc(Cl)c2)CC1. The standard InChI is InChI=1S/C16H20ClN3O3S/c1-11-16(12(2)19-18-11)24(21,22)20-8-6-14(7-9-20)23-15-5-3-4-13(17)10-15/h3-5,10,14H,6-9H2,1-2H3,(H,18,19). The van der Waals surface area contributed by atoms with Crippen molar-refractivity contribution in [2.24, 2.45) is 0 Å². The lowest BCUT2D eigenvalue weighted by atomic mass is 10.1. The zero-order valence-corrected chi connectivity index (χ0v) is 15.2. The molecule has 1 N–H and O–H groups in total. The molecule has 1 aromatic heterocycles. The number of aryl methyl sites for hydroxylation is 2. The van der Waals surface area contributed by atoms with Gasteiger partial charge in [0.2, 0.25) is 10.0 Å². The van der Waals surface area contributed by atoms with E-state index in [1.54, 1.807) is 26.0 Å². The lowest BCUT2D eigenvalue weighted by molar-refractivity contribution is 0.135. The van der Waals surface area contributed by atoms with E-state index in [4.69, 9.17) is 16.3 Å². The van der Waals surface area contributed by atoms with Gasteiger partial charge in [-0.15, -0.1) is 0 Å². The summed E-state index contributed by atoms with van der Waals surface area (Å²) in [5, 5.41) is 7.35.